The maximum Gasteiger partial charge on any atom is 0.407 e. The lowest BCUT2D eigenvalue weighted by Crippen LogP contribution is -2.44. The molecule has 0 bridgehead atoms. The highest BCUT2D eigenvalue weighted by molar-refractivity contribution is 7.84. The Morgan fingerprint density at radius 2 is 1.76 bits per heavy atom. The molecule has 124 valence electrons. The predicted octanol–water partition coefficient (Wildman–Crippen LogP) is 2.18. The zero-order valence-corrected chi connectivity index (χ0v) is 14.6. The normalized spacial score (nSPS) is 24.4. The summed E-state index contributed by atoms with van der Waals surface area (Å²) in [5.74, 6) is 1.46. The molecule has 0 aromatic heterocycles. The molecule has 1 fully saturated rings. The highest BCUT2D eigenvalue weighted by atomic mass is 32.2. The monoisotopic (exact) mass is 318 g/mol. The van der Waals surface area contributed by atoms with Gasteiger partial charge in [0.15, 0.2) is 0 Å². The Balaban J connectivity index is 2.17. The molecule has 0 heterocycles. The minimum Gasteiger partial charge on any atom is -0.444 e. The van der Waals surface area contributed by atoms with Gasteiger partial charge in [-0.15, -0.1) is 0 Å². The first kappa shape index (κ1) is 18.4. The lowest BCUT2D eigenvalue weighted by Gasteiger charge is -2.30. The molecule has 1 aliphatic carbocycles. The predicted molar refractivity (Wildman–Crippen MR) is 87.0 cm³/mol. The average Bonchev–Trinajstić information content (AvgIpc) is 2.38. The number of hydrogen-bond acceptors (Lipinski definition) is 4. The van der Waals surface area contributed by atoms with Crippen LogP contribution in [-0.4, -0.2) is 46.0 Å². The van der Waals surface area contributed by atoms with Crippen molar-refractivity contribution in [3.05, 3.63) is 0 Å². The summed E-state index contributed by atoms with van der Waals surface area (Å²) < 4.78 is 16.6. The van der Waals surface area contributed by atoms with Crippen LogP contribution in [0.4, 0.5) is 4.79 Å². The zero-order chi connectivity index (χ0) is 15.9. The molecule has 1 aliphatic rings. The fourth-order valence-corrected chi connectivity index (χ4v) is 3.07. The summed E-state index contributed by atoms with van der Waals surface area (Å²) in [6.45, 7) is 8.37. The minimum absolute atomic E-state index is 0.211. The first-order valence-electron chi connectivity index (χ1n) is 7.88. The van der Waals surface area contributed by atoms with E-state index in [1.165, 1.54) is 0 Å². The summed E-state index contributed by atoms with van der Waals surface area (Å²) in [6.07, 6.45) is 3.69. The van der Waals surface area contributed by atoms with Crippen molar-refractivity contribution in [2.24, 2.45) is 0 Å². The Bertz CT molecular complexity index is 347. The van der Waals surface area contributed by atoms with E-state index < -0.39 is 16.4 Å². The van der Waals surface area contributed by atoms with E-state index >= 15 is 0 Å². The van der Waals surface area contributed by atoms with Crippen LogP contribution < -0.4 is 10.6 Å². The van der Waals surface area contributed by atoms with Crippen LogP contribution in [0.1, 0.15) is 53.4 Å². The number of carbonyl (C=O) groups is 1. The standard InChI is InChI=1S/C15H30N2O3S/c1-5-21(19)11-10-16-12-6-8-13(9-7-12)17-14(18)20-15(2,3)4/h12-13,16H,5-11H2,1-4H3,(H,17,18). The second kappa shape index (κ2) is 8.73. The molecule has 2 N–H and O–H groups in total. The number of alkyl carbamates (subject to hydrolysis) is 1. The summed E-state index contributed by atoms with van der Waals surface area (Å²) >= 11 is 0. The largest absolute Gasteiger partial charge is 0.444 e. The second-order valence-electron chi connectivity index (χ2n) is 6.58. The van der Waals surface area contributed by atoms with Crippen molar-refractivity contribution in [2.45, 2.75) is 71.1 Å². The van der Waals surface area contributed by atoms with Gasteiger partial charge in [-0.25, -0.2) is 4.79 Å². The molecular weight excluding hydrogens is 288 g/mol. The topological polar surface area (TPSA) is 67.4 Å². The summed E-state index contributed by atoms with van der Waals surface area (Å²) in [4.78, 5) is 11.7. The smallest absolute Gasteiger partial charge is 0.407 e. The Hall–Kier alpha value is -0.620. The van der Waals surface area contributed by atoms with Crippen molar-refractivity contribution < 1.29 is 13.7 Å². The first-order valence-corrected chi connectivity index (χ1v) is 9.37. The van der Waals surface area contributed by atoms with Gasteiger partial charge in [0.05, 0.1) is 0 Å². The molecular formula is C15H30N2O3S. The third-order valence-electron chi connectivity index (χ3n) is 3.53. The number of rotatable bonds is 6. The molecule has 0 aromatic carbocycles. The van der Waals surface area contributed by atoms with Crippen LogP contribution in [0.2, 0.25) is 0 Å². The van der Waals surface area contributed by atoms with Crippen molar-refractivity contribution in [2.75, 3.05) is 18.1 Å². The number of hydrogen-bond donors (Lipinski definition) is 2. The SMILES string of the molecule is CCS(=O)CCNC1CCC(NC(=O)OC(C)(C)C)CC1. The van der Waals surface area contributed by atoms with Crippen LogP contribution in [0.15, 0.2) is 0 Å². The molecule has 1 unspecified atom stereocenters. The van der Waals surface area contributed by atoms with E-state index in [-0.39, 0.29) is 12.1 Å². The third-order valence-corrected chi connectivity index (χ3v) is 4.84. The molecule has 1 saturated carbocycles. The quantitative estimate of drug-likeness (QED) is 0.788. The van der Waals surface area contributed by atoms with Gasteiger partial charge in [-0.2, -0.15) is 0 Å². The molecule has 0 aromatic rings. The van der Waals surface area contributed by atoms with Crippen molar-refractivity contribution >= 4 is 16.9 Å². The molecule has 21 heavy (non-hydrogen) atoms. The highest BCUT2D eigenvalue weighted by Gasteiger charge is 2.24. The fraction of sp³-hybridized carbons (Fsp3) is 0.933. The molecule has 1 rings (SSSR count). The van der Waals surface area contributed by atoms with Gasteiger partial charge in [0.1, 0.15) is 5.60 Å². The van der Waals surface area contributed by atoms with E-state index in [1.54, 1.807) is 0 Å². The number of ether oxygens (including phenoxy) is 1. The van der Waals surface area contributed by atoms with Crippen LogP contribution in [0.3, 0.4) is 0 Å². The van der Waals surface area contributed by atoms with Gasteiger partial charge >= 0.3 is 6.09 Å². The maximum absolute atomic E-state index is 11.7. The van der Waals surface area contributed by atoms with Crippen molar-refractivity contribution in [3.63, 3.8) is 0 Å². The van der Waals surface area contributed by atoms with Gasteiger partial charge in [-0.05, 0) is 46.5 Å². The second-order valence-corrected chi connectivity index (χ2v) is 8.45. The van der Waals surface area contributed by atoms with Crippen LogP contribution in [-0.2, 0) is 15.5 Å². The van der Waals surface area contributed by atoms with Crippen molar-refractivity contribution in [3.8, 4) is 0 Å². The Morgan fingerprint density at radius 3 is 2.29 bits per heavy atom. The maximum atomic E-state index is 11.7. The van der Waals surface area contributed by atoms with Gasteiger partial charge < -0.3 is 15.4 Å². The summed E-state index contributed by atoms with van der Waals surface area (Å²) in [6, 6.07) is 0.693. The molecule has 1 atom stereocenters. The average molecular weight is 318 g/mol. The van der Waals surface area contributed by atoms with Gasteiger partial charge in [0.2, 0.25) is 0 Å². The Morgan fingerprint density at radius 1 is 1.19 bits per heavy atom. The molecule has 0 spiro atoms. The van der Waals surface area contributed by atoms with E-state index in [9.17, 15) is 9.00 Å². The summed E-state index contributed by atoms with van der Waals surface area (Å²) in [7, 11) is -0.692. The van der Waals surface area contributed by atoms with Crippen LogP contribution in [0, 0.1) is 0 Å². The van der Waals surface area contributed by atoms with Crippen molar-refractivity contribution in [1.82, 2.24) is 10.6 Å². The molecule has 0 saturated heterocycles. The summed E-state index contributed by atoms with van der Waals surface area (Å²) in [5, 5.41) is 6.40. The van der Waals surface area contributed by atoms with E-state index in [0.29, 0.717) is 6.04 Å². The molecule has 0 radical (unpaired) electrons. The molecule has 1 amide bonds. The first-order chi connectivity index (χ1) is 9.80. The highest BCUT2D eigenvalue weighted by Crippen LogP contribution is 2.19. The number of carbonyl (C=O) groups excluding carboxylic acids is 1. The number of nitrogens with one attached hydrogen (secondary N) is 2. The van der Waals surface area contributed by atoms with Crippen LogP contribution in [0.25, 0.3) is 0 Å². The van der Waals surface area contributed by atoms with Crippen molar-refractivity contribution in [1.29, 1.82) is 0 Å². The van der Waals surface area contributed by atoms with Gasteiger partial charge in [-0.1, -0.05) is 6.92 Å². The fourth-order valence-electron chi connectivity index (χ4n) is 2.44. The zero-order valence-electron chi connectivity index (χ0n) is 13.7. The van der Waals surface area contributed by atoms with Gasteiger partial charge in [0.25, 0.3) is 0 Å². The summed E-state index contributed by atoms with van der Waals surface area (Å²) in [5.41, 5.74) is -0.447. The van der Waals surface area contributed by atoms with Gasteiger partial charge in [0, 0.05) is 40.9 Å². The lowest BCUT2D eigenvalue weighted by atomic mass is 9.91. The van der Waals surface area contributed by atoms with Gasteiger partial charge in [-0.3, -0.25) is 4.21 Å². The van der Waals surface area contributed by atoms with Crippen LogP contribution >= 0.6 is 0 Å². The Labute approximate surface area is 131 Å². The molecule has 0 aliphatic heterocycles. The van der Waals surface area contributed by atoms with E-state index in [2.05, 4.69) is 10.6 Å². The van der Waals surface area contributed by atoms with E-state index in [0.717, 1.165) is 43.7 Å². The molecule has 5 nitrogen and oxygen atoms in total. The van der Waals surface area contributed by atoms with Crippen LogP contribution in [0.5, 0.6) is 0 Å². The van der Waals surface area contributed by atoms with E-state index in [4.69, 9.17) is 4.74 Å². The molecule has 6 heteroatoms. The third kappa shape index (κ3) is 8.41. The minimum atomic E-state index is -0.692. The Kier molecular flexibility index (Phi) is 7.66. The lowest BCUT2D eigenvalue weighted by molar-refractivity contribution is 0.0490. The van der Waals surface area contributed by atoms with E-state index in [1.807, 2.05) is 27.7 Å². The number of amides is 1.